The number of rotatable bonds is 16. The van der Waals surface area contributed by atoms with E-state index in [1.165, 1.54) is 0 Å². The molecule has 5 unspecified atom stereocenters. The minimum atomic E-state index is -0.773. The van der Waals surface area contributed by atoms with Crippen LogP contribution >= 0.6 is 0 Å². The maximum absolute atomic E-state index is 12.3. The maximum Gasteiger partial charge on any atom is 0.134 e. The van der Waals surface area contributed by atoms with Gasteiger partial charge in [-0.25, -0.2) is 15.6 Å². The van der Waals surface area contributed by atoms with E-state index < -0.39 is 16.8 Å². The number of hydroxylamine groups is 9. The van der Waals surface area contributed by atoms with Gasteiger partial charge in [-0.15, -0.1) is 0 Å². The van der Waals surface area contributed by atoms with E-state index in [1.807, 2.05) is 64.6 Å². The van der Waals surface area contributed by atoms with E-state index in [0.717, 1.165) is 63.8 Å². The lowest BCUT2D eigenvalue weighted by molar-refractivity contribution is -1.10. The number of hydrogen-bond donors (Lipinski definition) is 3. The summed E-state index contributed by atoms with van der Waals surface area (Å²) in [6, 6.07) is 58.8. The summed E-state index contributed by atoms with van der Waals surface area (Å²) in [6.07, 6.45) is 2.49. The highest BCUT2D eigenvalue weighted by Crippen LogP contribution is 2.50. The molecule has 6 aromatic rings. The van der Waals surface area contributed by atoms with Gasteiger partial charge in [0.05, 0.1) is 45.9 Å². The van der Waals surface area contributed by atoms with Crippen molar-refractivity contribution in [1.82, 2.24) is 0 Å². The van der Waals surface area contributed by atoms with Gasteiger partial charge in [-0.2, -0.15) is 13.9 Å². The molecule has 66 heavy (non-hydrogen) atoms. The highest BCUT2D eigenvalue weighted by atomic mass is 16.6. The summed E-state index contributed by atoms with van der Waals surface area (Å²) in [6.45, 7) is 4.20. The number of benzene rings is 6. The van der Waals surface area contributed by atoms with Crippen LogP contribution in [0.1, 0.15) is 63.8 Å². The molecule has 9 heteroatoms. The van der Waals surface area contributed by atoms with Crippen LogP contribution < -0.4 is 0 Å². The van der Waals surface area contributed by atoms with E-state index in [2.05, 4.69) is 133 Å². The molecule has 3 N–H and O–H groups in total. The molecule has 3 saturated heterocycles. The zero-order chi connectivity index (χ0) is 46.0. The number of ether oxygens (including phenoxy) is 3. The van der Waals surface area contributed by atoms with Crippen LogP contribution in [-0.2, 0) is 44.1 Å². The molecule has 0 aliphatic carbocycles. The van der Waals surface area contributed by atoms with E-state index in [1.54, 1.807) is 0 Å². The molecule has 9 rings (SSSR count). The normalized spacial score (nSPS) is 25.9. The minimum Gasteiger partial charge on any atom is -0.365 e. The van der Waals surface area contributed by atoms with Gasteiger partial charge in [0.1, 0.15) is 49.5 Å². The quantitative estimate of drug-likeness (QED) is 0.0663. The van der Waals surface area contributed by atoms with Crippen molar-refractivity contribution in [3.63, 3.8) is 0 Å². The third kappa shape index (κ3) is 9.17. The second-order valence-electron chi connectivity index (χ2n) is 20.2. The monoisotopic (exact) mass is 891 g/mol. The summed E-state index contributed by atoms with van der Waals surface area (Å²) in [7, 11) is 7.43. The van der Waals surface area contributed by atoms with Crippen LogP contribution in [0.25, 0.3) is 0 Å². The largest absolute Gasteiger partial charge is 0.365 e. The summed E-state index contributed by atoms with van der Waals surface area (Å²) in [5.74, 6) is 0.101. The Kier molecular flexibility index (Phi) is 13.0. The Hall–Kier alpha value is -5.04. The van der Waals surface area contributed by atoms with Gasteiger partial charge in [0.15, 0.2) is 0 Å². The molecule has 3 aliphatic rings. The summed E-state index contributed by atoms with van der Waals surface area (Å²) in [4.78, 5) is 0. The lowest BCUT2D eigenvalue weighted by atomic mass is 9.75. The smallest absolute Gasteiger partial charge is 0.134 e. The van der Waals surface area contributed by atoms with Crippen LogP contribution in [0.3, 0.4) is 0 Å². The number of hydrogen-bond acceptors (Lipinski definition) is 6. The SMILES string of the molecule is C[N+](C)(O)CC1CCOC1(c1ccccc1)c1ccc(C[N+](C)(O)C[C@@H]2CCOC2(c2ccccc2)c2ccc(C[N+](C)(O)C[C@H]3CCOC3(c3ccccc3)c3ccccc3)cc2)cc1. The Balaban J connectivity index is 0.940. The second-order valence-corrected chi connectivity index (χ2v) is 20.2. The van der Waals surface area contributed by atoms with E-state index in [4.69, 9.17) is 14.2 Å². The van der Waals surface area contributed by atoms with Gasteiger partial charge >= 0.3 is 0 Å². The Labute approximate surface area is 391 Å². The third-order valence-electron chi connectivity index (χ3n) is 14.6. The Morgan fingerprint density at radius 2 is 0.636 bits per heavy atom. The molecule has 0 radical (unpaired) electrons. The van der Waals surface area contributed by atoms with Crippen molar-refractivity contribution in [2.45, 2.75) is 49.2 Å². The molecule has 9 nitrogen and oxygen atoms in total. The number of nitrogens with zero attached hydrogens (tertiary/aromatic N) is 3. The van der Waals surface area contributed by atoms with Crippen LogP contribution in [0.15, 0.2) is 170 Å². The fourth-order valence-electron chi connectivity index (χ4n) is 12.0. The molecule has 7 atom stereocenters. The molecule has 0 saturated carbocycles. The molecule has 344 valence electrons. The molecular formula is C57H68N3O6+3. The molecule has 0 bridgehead atoms. The van der Waals surface area contributed by atoms with E-state index in [0.29, 0.717) is 52.5 Å². The van der Waals surface area contributed by atoms with Crippen LogP contribution in [-0.4, -0.2) is 97.2 Å². The first-order valence-electron chi connectivity index (χ1n) is 23.8. The van der Waals surface area contributed by atoms with Crippen LogP contribution in [0.2, 0.25) is 0 Å². The maximum atomic E-state index is 12.3. The first-order valence-corrected chi connectivity index (χ1v) is 23.8. The molecule has 0 spiro atoms. The average molecular weight is 891 g/mol. The predicted molar refractivity (Wildman–Crippen MR) is 255 cm³/mol. The van der Waals surface area contributed by atoms with Crippen molar-refractivity contribution in [2.24, 2.45) is 17.8 Å². The predicted octanol–water partition coefficient (Wildman–Crippen LogP) is 10.1. The molecule has 0 amide bonds. The number of quaternary nitrogens is 3. The zero-order valence-corrected chi connectivity index (χ0v) is 39.1. The standard InChI is InChI=1S/C57H68N3O6/c1-58(2,61)41-52-33-36-65-56(52,48-21-13-7-14-22-48)50-29-25-44(26-30-50)40-60(4,63)43-54-35-38-66-57(54,49-23-15-8-16-24-49)51-31-27-45(28-32-51)39-59(3,62)42-53-34-37-64-55(53,46-17-9-5-10-18-46)47-19-11-6-12-20-47/h5-32,52-54,61-63H,33-43H2,1-4H3/q+3/t52?,53-,54+,56?,57?,59?,60?/m1/s1. The second kappa shape index (κ2) is 18.6. The third-order valence-corrected chi connectivity index (χ3v) is 14.6. The lowest BCUT2D eigenvalue weighted by Crippen LogP contribution is -2.49. The van der Waals surface area contributed by atoms with Crippen molar-refractivity contribution in [2.75, 3.05) is 67.6 Å². The lowest BCUT2D eigenvalue weighted by Gasteiger charge is -2.39. The molecule has 0 aromatic heterocycles. The zero-order valence-electron chi connectivity index (χ0n) is 39.1. The van der Waals surface area contributed by atoms with E-state index >= 15 is 0 Å². The summed E-state index contributed by atoms with van der Waals surface area (Å²) >= 11 is 0. The first kappa shape index (κ1) is 46.1. The minimum absolute atomic E-state index is 0.0284. The fourth-order valence-corrected chi connectivity index (χ4v) is 12.0. The first-order chi connectivity index (χ1) is 31.7. The van der Waals surface area contributed by atoms with Gasteiger partial charge in [0.2, 0.25) is 0 Å². The van der Waals surface area contributed by atoms with Gasteiger partial charge in [-0.1, -0.05) is 170 Å². The van der Waals surface area contributed by atoms with Crippen molar-refractivity contribution in [1.29, 1.82) is 0 Å². The van der Waals surface area contributed by atoms with Crippen molar-refractivity contribution >= 4 is 0 Å². The van der Waals surface area contributed by atoms with Gasteiger partial charge in [0, 0.05) is 30.9 Å². The molecule has 3 heterocycles. The van der Waals surface area contributed by atoms with Gasteiger partial charge in [-0.3, -0.25) is 0 Å². The van der Waals surface area contributed by atoms with Crippen LogP contribution in [0, 0.1) is 17.8 Å². The van der Waals surface area contributed by atoms with Crippen molar-refractivity contribution in [3.05, 3.63) is 214 Å². The van der Waals surface area contributed by atoms with Crippen molar-refractivity contribution < 1.29 is 43.8 Å². The topological polar surface area (TPSA) is 88.4 Å². The Bertz CT molecular complexity index is 2460. The van der Waals surface area contributed by atoms with Crippen molar-refractivity contribution in [3.8, 4) is 0 Å². The molecule has 6 aromatic carbocycles. The Morgan fingerprint density at radius 1 is 0.379 bits per heavy atom. The highest BCUT2D eigenvalue weighted by molar-refractivity contribution is 5.42. The van der Waals surface area contributed by atoms with Gasteiger partial charge < -0.3 is 14.2 Å². The fraction of sp³-hybridized carbons (Fsp3) is 0.368. The van der Waals surface area contributed by atoms with E-state index in [9.17, 15) is 15.6 Å². The summed E-state index contributed by atoms with van der Waals surface area (Å²) in [5, 5.41) is 35.3. The van der Waals surface area contributed by atoms with E-state index in [-0.39, 0.29) is 31.7 Å². The van der Waals surface area contributed by atoms with Gasteiger partial charge in [-0.05, 0) is 52.6 Å². The average Bonchev–Trinajstić information content (AvgIpc) is 4.05. The molecule has 3 fully saturated rings. The highest BCUT2D eigenvalue weighted by Gasteiger charge is 2.53. The summed E-state index contributed by atoms with van der Waals surface area (Å²) in [5.41, 5.74) is 6.40. The molecular weight excluding hydrogens is 823 g/mol. The Morgan fingerprint density at radius 3 is 0.909 bits per heavy atom. The molecule has 3 aliphatic heterocycles. The summed E-state index contributed by atoms with van der Waals surface area (Å²) < 4.78 is 19.8. The van der Waals surface area contributed by atoms with Crippen LogP contribution in [0.4, 0.5) is 0 Å². The van der Waals surface area contributed by atoms with Gasteiger partial charge in [0.25, 0.3) is 0 Å². The van der Waals surface area contributed by atoms with Crippen LogP contribution in [0.5, 0.6) is 0 Å².